The Morgan fingerprint density at radius 2 is 2.07 bits per heavy atom. The van der Waals surface area contributed by atoms with Crippen molar-refractivity contribution in [3.63, 3.8) is 0 Å². The van der Waals surface area contributed by atoms with Crippen LogP contribution in [-0.4, -0.2) is 28.3 Å². The summed E-state index contributed by atoms with van der Waals surface area (Å²) in [5.41, 5.74) is 0.667. The molecule has 1 unspecified atom stereocenters. The molecule has 0 aliphatic carbocycles. The number of para-hydroxylation sites is 2. The van der Waals surface area contributed by atoms with Crippen LogP contribution in [0.25, 0.3) is 11.0 Å². The van der Waals surface area contributed by atoms with Crippen LogP contribution in [0.1, 0.15) is 17.5 Å². The zero-order valence-electron chi connectivity index (χ0n) is 14.9. The molecular weight excluding hydrogens is 378 g/mol. The van der Waals surface area contributed by atoms with Crippen molar-refractivity contribution in [1.29, 1.82) is 0 Å². The first-order valence-electron chi connectivity index (χ1n) is 8.65. The molecule has 2 aromatic heterocycles. The molecule has 1 aliphatic heterocycles. The third-order valence-corrected chi connectivity index (χ3v) is 5.35. The minimum Gasteiger partial charge on any atom is -0.497 e. The quantitative estimate of drug-likeness (QED) is 0.531. The van der Waals surface area contributed by atoms with Crippen molar-refractivity contribution in [2.24, 2.45) is 0 Å². The highest BCUT2D eigenvalue weighted by atomic mass is 32.1. The molecule has 1 aliphatic rings. The highest BCUT2D eigenvalue weighted by Gasteiger charge is 2.27. The van der Waals surface area contributed by atoms with E-state index >= 15 is 0 Å². The minimum atomic E-state index is -0.452. The summed E-state index contributed by atoms with van der Waals surface area (Å²) in [4.78, 5) is 17.7. The second kappa shape index (κ2) is 6.65. The van der Waals surface area contributed by atoms with Gasteiger partial charge in [0.1, 0.15) is 12.4 Å². The molecule has 0 radical (unpaired) electrons. The Kier molecular flexibility index (Phi) is 3.98. The van der Waals surface area contributed by atoms with E-state index in [0.29, 0.717) is 33.4 Å². The van der Waals surface area contributed by atoms with Gasteiger partial charge in [-0.25, -0.2) is 0 Å². The number of fused-ring (bicyclic) bond motifs is 2. The fourth-order valence-electron chi connectivity index (χ4n) is 3.01. The number of methoxy groups -OCH3 is 1. The summed E-state index contributed by atoms with van der Waals surface area (Å²) in [5, 5.41) is 4.36. The lowest BCUT2D eigenvalue weighted by atomic mass is 10.2. The van der Waals surface area contributed by atoms with E-state index in [2.05, 4.69) is 10.1 Å². The van der Waals surface area contributed by atoms with Crippen LogP contribution in [0.5, 0.6) is 17.2 Å². The number of ether oxygens (including phenoxy) is 3. The van der Waals surface area contributed by atoms with Crippen LogP contribution in [0.2, 0.25) is 0 Å². The SMILES string of the molecule is COc1cccc(/C=c2\sc3nc(C4COc5ccccc5O4)nn3c2=O)c1. The second-order valence-corrected chi connectivity index (χ2v) is 7.23. The maximum atomic E-state index is 12.7. The monoisotopic (exact) mass is 393 g/mol. The van der Waals surface area contributed by atoms with Gasteiger partial charge in [0.2, 0.25) is 4.96 Å². The first kappa shape index (κ1) is 16.8. The van der Waals surface area contributed by atoms with Gasteiger partial charge in [0, 0.05) is 0 Å². The highest BCUT2D eigenvalue weighted by molar-refractivity contribution is 7.15. The van der Waals surface area contributed by atoms with E-state index in [4.69, 9.17) is 14.2 Å². The molecule has 28 heavy (non-hydrogen) atoms. The molecule has 140 valence electrons. The molecule has 0 bridgehead atoms. The van der Waals surface area contributed by atoms with Crippen LogP contribution in [0.4, 0.5) is 0 Å². The first-order valence-corrected chi connectivity index (χ1v) is 9.46. The van der Waals surface area contributed by atoms with Gasteiger partial charge in [0.05, 0.1) is 11.6 Å². The van der Waals surface area contributed by atoms with Gasteiger partial charge in [0.15, 0.2) is 23.4 Å². The fraction of sp³-hybridized carbons (Fsp3) is 0.150. The predicted molar refractivity (Wildman–Crippen MR) is 104 cm³/mol. The number of aromatic nitrogens is 3. The second-order valence-electron chi connectivity index (χ2n) is 6.22. The molecule has 7 nitrogen and oxygen atoms in total. The molecule has 4 aromatic rings. The lowest BCUT2D eigenvalue weighted by Gasteiger charge is -2.24. The fourth-order valence-corrected chi connectivity index (χ4v) is 3.93. The first-order chi connectivity index (χ1) is 13.7. The average molecular weight is 393 g/mol. The molecule has 0 fully saturated rings. The zero-order chi connectivity index (χ0) is 19.1. The summed E-state index contributed by atoms with van der Waals surface area (Å²) in [7, 11) is 1.61. The average Bonchev–Trinajstić information content (AvgIpc) is 3.27. The predicted octanol–water partition coefficient (Wildman–Crippen LogP) is 2.22. The van der Waals surface area contributed by atoms with Crippen LogP contribution in [0.15, 0.2) is 53.3 Å². The number of hydrogen-bond donors (Lipinski definition) is 0. The van der Waals surface area contributed by atoms with Crippen molar-refractivity contribution in [3.8, 4) is 17.2 Å². The molecule has 0 saturated carbocycles. The summed E-state index contributed by atoms with van der Waals surface area (Å²) in [5.74, 6) is 2.51. The van der Waals surface area contributed by atoms with Crippen molar-refractivity contribution in [2.45, 2.75) is 6.10 Å². The van der Waals surface area contributed by atoms with Gasteiger partial charge >= 0.3 is 0 Å². The Morgan fingerprint density at radius 3 is 2.89 bits per heavy atom. The van der Waals surface area contributed by atoms with Crippen molar-refractivity contribution < 1.29 is 14.2 Å². The third kappa shape index (κ3) is 2.87. The summed E-state index contributed by atoms with van der Waals surface area (Å²) in [6, 6.07) is 15.0. The largest absolute Gasteiger partial charge is 0.497 e. The van der Waals surface area contributed by atoms with Gasteiger partial charge in [-0.05, 0) is 35.9 Å². The number of thiazole rings is 1. The summed E-state index contributed by atoms with van der Waals surface area (Å²) < 4.78 is 18.7. The molecule has 8 heteroatoms. The topological polar surface area (TPSA) is 74.9 Å². The number of hydrogen-bond acceptors (Lipinski definition) is 7. The van der Waals surface area contributed by atoms with E-state index < -0.39 is 6.10 Å². The van der Waals surface area contributed by atoms with E-state index in [1.807, 2.05) is 54.6 Å². The van der Waals surface area contributed by atoms with Gasteiger partial charge in [-0.2, -0.15) is 9.50 Å². The van der Waals surface area contributed by atoms with Crippen LogP contribution in [0, 0.1) is 0 Å². The third-order valence-electron chi connectivity index (χ3n) is 4.39. The van der Waals surface area contributed by atoms with E-state index in [0.717, 1.165) is 11.3 Å². The van der Waals surface area contributed by atoms with Crippen LogP contribution in [0.3, 0.4) is 0 Å². The van der Waals surface area contributed by atoms with Crippen molar-refractivity contribution in [1.82, 2.24) is 14.6 Å². The normalized spacial score (nSPS) is 16.5. The Morgan fingerprint density at radius 1 is 1.21 bits per heavy atom. The van der Waals surface area contributed by atoms with E-state index in [-0.39, 0.29) is 5.56 Å². The Balaban J connectivity index is 1.49. The lowest BCUT2D eigenvalue weighted by molar-refractivity contribution is 0.0852. The zero-order valence-corrected chi connectivity index (χ0v) is 15.7. The van der Waals surface area contributed by atoms with E-state index in [1.54, 1.807) is 7.11 Å². The van der Waals surface area contributed by atoms with Crippen molar-refractivity contribution >= 4 is 22.4 Å². The van der Waals surface area contributed by atoms with Gasteiger partial charge in [-0.1, -0.05) is 35.6 Å². The molecule has 5 rings (SSSR count). The molecular formula is C20H15N3O4S. The Hall–Kier alpha value is -3.39. The van der Waals surface area contributed by atoms with Gasteiger partial charge < -0.3 is 14.2 Å². The highest BCUT2D eigenvalue weighted by Crippen LogP contribution is 2.35. The van der Waals surface area contributed by atoms with Crippen molar-refractivity contribution in [2.75, 3.05) is 13.7 Å². The number of rotatable bonds is 3. The molecule has 1 atom stereocenters. The summed E-state index contributed by atoms with van der Waals surface area (Å²) in [6.45, 7) is 0.297. The standard InChI is InChI=1S/C20H15N3O4S/c1-25-13-6-4-5-12(9-13)10-17-19(24)23-20(28-17)21-18(22-23)16-11-26-14-7-2-3-8-15(14)27-16/h2-10,16H,11H2,1H3/b17-10-. The summed E-state index contributed by atoms with van der Waals surface area (Å²) in [6.07, 6.45) is 1.36. The van der Waals surface area contributed by atoms with Gasteiger partial charge in [-0.3, -0.25) is 4.79 Å². The minimum absolute atomic E-state index is 0.210. The van der Waals surface area contributed by atoms with E-state index in [9.17, 15) is 4.79 Å². The Labute approximate surface area is 163 Å². The smallest absolute Gasteiger partial charge is 0.291 e. The van der Waals surface area contributed by atoms with Crippen molar-refractivity contribution in [3.05, 3.63) is 74.8 Å². The lowest BCUT2D eigenvalue weighted by Crippen LogP contribution is -2.26. The van der Waals surface area contributed by atoms with Crippen LogP contribution >= 0.6 is 11.3 Å². The van der Waals surface area contributed by atoms with Crippen LogP contribution in [-0.2, 0) is 0 Å². The van der Waals surface area contributed by atoms with Gasteiger partial charge in [-0.15, -0.1) is 5.10 Å². The van der Waals surface area contributed by atoms with E-state index in [1.165, 1.54) is 15.9 Å². The molecule has 0 saturated heterocycles. The van der Waals surface area contributed by atoms with Gasteiger partial charge in [0.25, 0.3) is 5.56 Å². The Bertz CT molecular complexity index is 1280. The molecule has 0 amide bonds. The molecule has 0 spiro atoms. The summed E-state index contributed by atoms with van der Waals surface area (Å²) >= 11 is 1.29. The molecule has 0 N–H and O–H groups in total. The molecule has 3 heterocycles. The number of nitrogens with zero attached hydrogens (tertiary/aromatic N) is 3. The maximum absolute atomic E-state index is 12.7. The maximum Gasteiger partial charge on any atom is 0.291 e. The number of benzene rings is 2. The molecule has 2 aromatic carbocycles. The van der Waals surface area contributed by atoms with Crippen LogP contribution < -0.4 is 24.3 Å².